The first-order valence-electron chi connectivity index (χ1n) is 6.28. The van der Waals surface area contributed by atoms with E-state index in [2.05, 4.69) is 9.73 Å². The molecule has 0 saturated carbocycles. The topological polar surface area (TPSA) is 108 Å². The number of nitrogens with two attached hydrogens (primary N) is 2. The Morgan fingerprint density at radius 1 is 1.32 bits per heavy atom. The first-order valence-corrected chi connectivity index (χ1v) is 6.28. The number of halogens is 2. The number of Topliss-reactive ketones (excluding diaryl/α,β-unsaturated/α-hetero) is 1. The number of rotatable bonds is 6. The highest BCUT2D eigenvalue weighted by atomic mass is 19.1. The smallest absolute Gasteiger partial charge is 0.343 e. The van der Waals surface area contributed by atoms with Gasteiger partial charge in [0.15, 0.2) is 6.61 Å². The molecule has 0 radical (unpaired) electrons. The largest absolute Gasteiger partial charge is 0.454 e. The molecule has 0 amide bonds. The molecular formula is C14H15F2N3O3. The molecule has 22 heavy (non-hydrogen) atoms. The lowest BCUT2D eigenvalue weighted by atomic mass is 10.1. The first-order chi connectivity index (χ1) is 10.4. The van der Waals surface area contributed by atoms with E-state index in [0.29, 0.717) is 6.54 Å². The van der Waals surface area contributed by atoms with Gasteiger partial charge in [-0.3, -0.25) is 9.79 Å². The molecule has 8 heteroatoms. The summed E-state index contributed by atoms with van der Waals surface area (Å²) in [6.45, 7) is 1.15. The van der Waals surface area contributed by atoms with Crippen LogP contribution in [-0.4, -0.2) is 30.7 Å². The van der Waals surface area contributed by atoms with Gasteiger partial charge in [-0.25, -0.2) is 13.6 Å². The van der Waals surface area contributed by atoms with Crippen LogP contribution in [0.2, 0.25) is 0 Å². The molecular weight excluding hydrogens is 296 g/mol. The lowest BCUT2D eigenvalue weighted by molar-refractivity contribution is -0.137. The summed E-state index contributed by atoms with van der Waals surface area (Å²) in [6.07, 6.45) is 0.880. The quantitative estimate of drug-likeness (QED) is 0.267. The van der Waals surface area contributed by atoms with Crippen LogP contribution in [0.15, 0.2) is 35.0 Å². The van der Waals surface area contributed by atoms with Crippen LogP contribution in [0.25, 0.3) is 0 Å². The van der Waals surface area contributed by atoms with E-state index in [1.807, 2.05) is 0 Å². The van der Waals surface area contributed by atoms with Gasteiger partial charge in [-0.1, -0.05) is 6.07 Å². The van der Waals surface area contributed by atoms with Gasteiger partial charge in [0.2, 0.25) is 5.78 Å². The highest BCUT2D eigenvalue weighted by Gasteiger charge is 2.21. The number of esters is 1. The Kier molecular flexibility index (Phi) is 6.18. The maximum atomic E-state index is 13.4. The van der Waals surface area contributed by atoms with Crippen LogP contribution < -0.4 is 11.5 Å². The standard InChI is InChI=1S/C14H15F2N3O3/c1-2-19-13(18)8(6-17)14(21)22-7-11(20)12-9(15)4-3-5-10(12)16/h3-6H,2,7,17H2,1H3,(H2,18,19)/b8-6+. The molecule has 0 aromatic heterocycles. The third-order valence-electron chi connectivity index (χ3n) is 2.57. The van der Waals surface area contributed by atoms with E-state index in [1.165, 1.54) is 0 Å². The Hall–Kier alpha value is -2.77. The average molecular weight is 311 g/mol. The van der Waals surface area contributed by atoms with Crippen LogP contribution in [0.5, 0.6) is 0 Å². The lowest BCUT2D eigenvalue weighted by Crippen LogP contribution is -2.26. The number of hydrogen-bond acceptors (Lipinski definition) is 5. The number of ether oxygens (including phenoxy) is 1. The average Bonchev–Trinajstić information content (AvgIpc) is 2.46. The minimum atomic E-state index is -1.04. The van der Waals surface area contributed by atoms with Gasteiger partial charge in [0.25, 0.3) is 0 Å². The maximum absolute atomic E-state index is 13.4. The van der Waals surface area contributed by atoms with Gasteiger partial charge in [0.05, 0.1) is 5.56 Å². The minimum Gasteiger partial charge on any atom is -0.454 e. The van der Waals surface area contributed by atoms with Gasteiger partial charge in [-0.15, -0.1) is 0 Å². The number of aliphatic imine (C=N–C) groups is 1. The van der Waals surface area contributed by atoms with Crippen LogP contribution in [-0.2, 0) is 9.53 Å². The van der Waals surface area contributed by atoms with Gasteiger partial charge in [0.1, 0.15) is 23.0 Å². The number of hydrogen-bond donors (Lipinski definition) is 2. The zero-order valence-electron chi connectivity index (χ0n) is 11.8. The monoisotopic (exact) mass is 311 g/mol. The highest BCUT2D eigenvalue weighted by Crippen LogP contribution is 2.13. The molecule has 0 atom stereocenters. The Balaban J connectivity index is 2.80. The van der Waals surface area contributed by atoms with Crippen molar-refractivity contribution in [2.24, 2.45) is 16.5 Å². The summed E-state index contributed by atoms with van der Waals surface area (Å²) in [5.74, 6) is -4.27. The van der Waals surface area contributed by atoms with Crippen LogP contribution in [0.3, 0.4) is 0 Å². The molecule has 6 nitrogen and oxygen atoms in total. The fourth-order valence-electron chi connectivity index (χ4n) is 1.56. The number of carbonyl (C=O) groups is 2. The Morgan fingerprint density at radius 3 is 2.41 bits per heavy atom. The SMILES string of the molecule is CCN=C(N)/C(=C\N)C(=O)OCC(=O)c1c(F)cccc1F. The van der Waals surface area contributed by atoms with Crippen molar-refractivity contribution in [1.29, 1.82) is 0 Å². The predicted molar refractivity (Wildman–Crippen MR) is 76.1 cm³/mol. The summed E-state index contributed by atoms with van der Waals surface area (Å²) < 4.78 is 31.5. The molecule has 118 valence electrons. The maximum Gasteiger partial charge on any atom is 0.343 e. The number of ketones is 1. The van der Waals surface area contributed by atoms with E-state index in [4.69, 9.17) is 11.5 Å². The van der Waals surface area contributed by atoms with E-state index in [0.717, 1.165) is 24.4 Å². The third-order valence-corrected chi connectivity index (χ3v) is 2.57. The van der Waals surface area contributed by atoms with Crippen LogP contribution in [0, 0.1) is 11.6 Å². The van der Waals surface area contributed by atoms with E-state index < -0.39 is 35.6 Å². The molecule has 0 aliphatic heterocycles. The zero-order chi connectivity index (χ0) is 16.7. The second kappa shape index (κ2) is 7.87. The van der Waals surface area contributed by atoms with Crippen molar-refractivity contribution in [2.45, 2.75) is 6.92 Å². The van der Waals surface area contributed by atoms with Crippen molar-refractivity contribution in [1.82, 2.24) is 0 Å². The van der Waals surface area contributed by atoms with Crippen molar-refractivity contribution in [2.75, 3.05) is 13.2 Å². The zero-order valence-corrected chi connectivity index (χ0v) is 11.8. The Morgan fingerprint density at radius 2 is 1.91 bits per heavy atom. The summed E-state index contributed by atoms with van der Waals surface area (Å²) in [6, 6.07) is 2.97. The van der Waals surface area contributed by atoms with Crippen LogP contribution in [0.1, 0.15) is 17.3 Å². The lowest BCUT2D eigenvalue weighted by Gasteiger charge is -2.08. The van der Waals surface area contributed by atoms with Crippen molar-refractivity contribution >= 4 is 17.6 Å². The van der Waals surface area contributed by atoms with E-state index in [1.54, 1.807) is 6.92 Å². The molecule has 0 heterocycles. The molecule has 0 spiro atoms. The van der Waals surface area contributed by atoms with Gasteiger partial charge in [-0.2, -0.15) is 0 Å². The van der Waals surface area contributed by atoms with Gasteiger partial charge < -0.3 is 16.2 Å². The molecule has 0 unspecified atom stereocenters. The van der Waals surface area contributed by atoms with E-state index >= 15 is 0 Å². The highest BCUT2D eigenvalue weighted by molar-refractivity contribution is 6.18. The second-order valence-corrected chi connectivity index (χ2v) is 4.04. The fourth-order valence-corrected chi connectivity index (χ4v) is 1.56. The second-order valence-electron chi connectivity index (χ2n) is 4.04. The fraction of sp³-hybridized carbons (Fsp3) is 0.214. The number of carbonyl (C=O) groups excluding carboxylic acids is 2. The Labute approximate surface area is 125 Å². The number of nitrogens with zero attached hydrogens (tertiary/aromatic N) is 1. The normalized spacial score (nSPS) is 12.1. The molecule has 0 fully saturated rings. The molecule has 1 aromatic rings. The van der Waals surface area contributed by atoms with Crippen LogP contribution >= 0.6 is 0 Å². The first kappa shape index (κ1) is 17.3. The van der Waals surface area contributed by atoms with Crippen molar-refractivity contribution < 1.29 is 23.1 Å². The molecule has 1 rings (SSSR count). The minimum absolute atomic E-state index is 0.153. The van der Waals surface area contributed by atoms with E-state index in [-0.39, 0.29) is 11.4 Å². The molecule has 0 aliphatic carbocycles. The van der Waals surface area contributed by atoms with E-state index in [9.17, 15) is 18.4 Å². The van der Waals surface area contributed by atoms with Gasteiger partial charge in [0, 0.05) is 12.7 Å². The predicted octanol–water partition coefficient (Wildman–Crippen LogP) is 0.910. The molecule has 0 aliphatic rings. The molecule has 1 aromatic carbocycles. The summed E-state index contributed by atoms with van der Waals surface area (Å²) >= 11 is 0. The molecule has 0 bridgehead atoms. The molecule has 0 saturated heterocycles. The summed E-state index contributed by atoms with van der Waals surface area (Å²) in [7, 11) is 0. The number of amidine groups is 1. The third kappa shape index (κ3) is 4.11. The summed E-state index contributed by atoms with van der Waals surface area (Å²) in [5, 5.41) is 0. The summed E-state index contributed by atoms with van der Waals surface area (Å²) in [5.41, 5.74) is 9.74. The van der Waals surface area contributed by atoms with Crippen molar-refractivity contribution in [3.63, 3.8) is 0 Å². The van der Waals surface area contributed by atoms with Gasteiger partial charge in [-0.05, 0) is 19.1 Å². The van der Waals surface area contributed by atoms with Crippen LogP contribution in [0.4, 0.5) is 8.78 Å². The van der Waals surface area contributed by atoms with Crippen molar-refractivity contribution in [3.8, 4) is 0 Å². The Bertz CT molecular complexity index is 622. The summed E-state index contributed by atoms with van der Waals surface area (Å²) in [4.78, 5) is 27.2. The van der Waals surface area contributed by atoms with Gasteiger partial charge >= 0.3 is 5.97 Å². The molecule has 4 N–H and O–H groups in total. The van der Waals surface area contributed by atoms with Crippen molar-refractivity contribution in [3.05, 3.63) is 47.2 Å². The number of benzene rings is 1.